The van der Waals surface area contributed by atoms with Crippen molar-refractivity contribution in [3.05, 3.63) is 102 Å². The van der Waals surface area contributed by atoms with Crippen LogP contribution in [0.25, 0.3) is 11.1 Å². The molecule has 2 amide bonds. The predicted molar refractivity (Wildman–Crippen MR) is 106 cm³/mol. The van der Waals surface area contributed by atoms with E-state index in [1.807, 2.05) is 12.1 Å². The van der Waals surface area contributed by atoms with E-state index >= 15 is 0 Å². The Kier molecular flexibility index (Phi) is 4.76. The number of nitrogens with one attached hydrogen (secondary N) is 1. The zero-order chi connectivity index (χ0) is 19.3. The van der Waals surface area contributed by atoms with Gasteiger partial charge in [-0.05, 0) is 23.3 Å². The number of rotatable bonds is 2. The van der Waals surface area contributed by atoms with Crippen molar-refractivity contribution in [1.29, 1.82) is 0 Å². The van der Waals surface area contributed by atoms with Gasteiger partial charge in [0.2, 0.25) is 0 Å². The number of aromatic amines is 1. The molecule has 1 aliphatic rings. The van der Waals surface area contributed by atoms with Crippen LogP contribution < -0.4 is 4.90 Å². The van der Waals surface area contributed by atoms with Crippen LogP contribution in [0, 0.1) is 0 Å². The number of aromatic nitrogens is 3. The zero-order valence-corrected chi connectivity index (χ0v) is 14.8. The van der Waals surface area contributed by atoms with E-state index in [2.05, 4.69) is 63.9 Å². The molecule has 0 radical (unpaired) electrons. The number of amides is 2. The maximum Gasteiger partial charge on any atom is 0.267 e. The number of carbonyl (C=O) groups excluding carboxylic acids is 2. The maximum absolute atomic E-state index is 11.9. The summed E-state index contributed by atoms with van der Waals surface area (Å²) in [6, 6.07) is 27.5. The first kappa shape index (κ1) is 17.4. The van der Waals surface area contributed by atoms with E-state index in [4.69, 9.17) is 0 Å². The molecule has 0 fully saturated rings. The summed E-state index contributed by atoms with van der Waals surface area (Å²) in [5.41, 5.74) is 3.35. The molecule has 136 valence electrons. The molecule has 0 saturated heterocycles. The number of H-pyrrole nitrogens is 1. The summed E-state index contributed by atoms with van der Waals surface area (Å²) in [5.74, 6) is -0.518. The van der Waals surface area contributed by atoms with Gasteiger partial charge in [0.1, 0.15) is 0 Å². The normalized spacial score (nSPS) is 12.4. The van der Waals surface area contributed by atoms with E-state index in [1.165, 1.54) is 17.3 Å². The summed E-state index contributed by atoms with van der Waals surface area (Å²) in [7, 11) is 0. The molecular weight excluding hydrogens is 352 g/mol. The largest absolute Gasteiger partial charge is 0.268 e. The minimum Gasteiger partial charge on any atom is -0.268 e. The molecule has 3 aromatic carbocycles. The Balaban J connectivity index is 0.000000143. The molecule has 6 heteroatoms. The number of fused-ring (bicyclic) bond motifs is 1. The molecule has 0 aliphatic carbocycles. The Hall–Kier alpha value is -4.06. The Labute approximate surface area is 161 Å². The van der Waals surface area contributed by atoms with Crippen LogP contribution in [-0.4, -0.2) is 27.2 Å². The lowest BCUT2D eigenvalue weighted by molar-refractivity contribution is 0.0925. The summed E-state index contributed by atoms with van der Waals surface area (Å²) in [4.78, 5) is 24.9. The van der Waals surface area contributed by atoms with Crippen LogP contribution in [0.4, 0.5) is 5.82 Å². The molecule has 0 bridgehead atoms. The second kappa shape index (κ2) is 7.67. The quantitative estimate of drug-likeness (QED) is 0.543. The molecule has 5 rings (SSSR count). The van der Waals surface area contributed by atoms with Crippen LogP contribution in [0.5, 0.6) is 0 Å². The third-order valence-corrected chi connectivity index (χ3v) is 4.31. The van der Waals surface area contributed by atoms with E-state index in [-0.39, 0.29) is 17.6 Å². The van der Waals surface area contributed by atoms with Gasteiger partial charge >= 0.3 is 0 Å². The van der Waals surface area contributed by atoms with Crippen LogP contribution >= 0.6 is 0 Å². The van der Waals surface area contributed by atoms with Crippen LogP contribution in [-0.2, 0) is 0 Å². The highest BCUT2D eigenvalue weighted by Crippen LogP contribution is 2.25. The highest BCUT2D eigenvalue weighted by molar-refractivity contribution is 6.34. The van der Waals surface area contributed by atoms with Gasteiger partial charge in [-0.25, -0.2) is 4.90 Å². The summed E-state index contributed by atoms with van der Waals surface area (Å²) >= 11 is 0. The van der Waals surface area contributed by atoms with Gasteiger partial charge in [0, 0.05) is 0 Å². The second-order valence-corrected chi connectivity index (χ2v) is 6.05. The van der Waals surface area contributed by atoms with Crippen molar-refractivity contribution in [3.63, 3.8) is 0 Å². The van der Waals surface area contributed by atoms with Crippen LogP contribution in [0.1, 0.15) is 20.7 Å². The predicted octanol–water partition coefficient (Wildman–Crippen LogP) is 3.96. The van der Waals surface area contributed by atoms with Crippen molar-refractivity contribution < 1.29 is 9.59 Å². The lowest BCUT2D eigenvalue weighted by Gasteiger charge is -2.07. The first-order valence-electron chi connectivity index (χ1n) is 8.70. The molecule has 6 nitrogen and oxygen atoms in total. The highest BCUT2D eigenvalue weighted by Gasteiger charge is 2.37. The Morgan fingerprint density at radius 1 is 0.643 bits per heavy atom. The van der Waals surface area contributed by atoms with Crippen molar-refractivity contribution in [2.24, 2.45) is 0 Å². The molecule has 2 heterocycles. The molecule has 1 aliphatic heterocycles. The van der Waals surface area contributed by atoms with E-state index < -0.39 is 0 Å². The smallest absolute Gasteiger partial charge is 0.267 e. The number of carbonyl (C=O) groups is 2. The second-order valence-electron chi connectivity index (χ2n) is 6.05. The van der Waals surface area contributed by atoms with Gasteiger partial charge in [0.05, 0.1) is 17.3 Å². The van der Waals surface area contributed by atoms with Gasteiger partial charge in [-0.2, -0.15) is 10.3 Å². The van der Waals surface area contributed by atoms with Crippen molar-refractivity contribution in [1.82, 2.24) is 15.4 Å². The molecule has 0 saturated carbocycles. The molecule has 1 N–H and O–H groups in total. The summed E-state index contributed by atoms with van der Waals surface area (Å²) in [5, 5.41) is 9.67. The molecular formula is C22H16N4O2. The highest BCUT2D eigenvalue weighted by atomic mass is 16.2. The molecule has 28 heavy (non-hydrogen) atoms. The average molecular weight is 368 g/mol. The van der Waals surface area contributed by atoms with Crippen molar-refractivity contribution in [2.45, 2.75) is 0 Å². The topological polar surface area (TPSA) is 79.0 Å². The van der Waals surface area contributed by atoms with Gasteiger partial charge in [-0.3, -0.25) is 9.59 Å². The van der Waals surface area contributed by atoms with Crippen molar-refractivity contribution in [2.75, 3.05) is 4.90 Å². The van der Waals surface area contributed by atoms with Gasteiger partial charge in [-0.15, -0.1) is 5.10 Å². The van der Waals surface area contributed by atoms with E-state index in [0.717, 1.165) is 4.90 Å². The molecule has 0 spiro atoms. The van der Waals surface area contributed by atoms with Gasteiger partial charge in [0.25, 0.3) is 11.8 Å². The molecule has 1 aromatic heterocycles. The minimum atomic E-state index is -0.366. The Morgan fingerprint density at radius 2 is 1.11 bits per heavy atom. The SMILES string of the molecule is O=C1c2ccccc2C(=O)N1c1cn[nH]n1.c1ccc(-c2ccccc2)cc1. The number of anilines is 1. The number of hydrogen-bond acceptors (Lipinski definition) is 4. The van der Waals surface area contributed by atoms with Crippen LogP contribution in [0.15, 0.2) is 91.1 Å². The van der Waals surface area contributed by atoms with Gasteiger partial charge in [0.15, 0.2) is 5.82 Å². The standard InChI is InChI=1S/C12H10.C10H6N4O2/c1-3-7-11(8-4-1)12-9-5-2-6-10-12;15-9-6-3-1-2-4-7(6)10(16)14(9)8-5-11-13-12-8/h1-10H;1-5H,(H,11,12,13). The van der Waals surface area contributed by atoms with Crippen LogP contribution in [0.2, 0.25) is 0 Å². The fraction of sp³-hybridized carbons (Fsp3) is 0. The van der Waals surface area contributed by atoms with Crippen molar-refractivity contribution in [3.8, 4) is 11.1 Å². The lowest BCUT2D eigenvalue weighted by Crippen LogP contribution is -2.29. The fourth-order valence-electron chi connectivity index (χ4n) is 2.96. The minimum absolute atomic E-state index is 0.214. The molecule has 4 aromatic rings. The number of imide groups is 1. The first-order valence-corrected chi connectivity index (χ1v) is 8.70. The number of nitrogens with zero attached hydrogens (tertiary/aromatic N) is 3. The molecule has 0 unspecified atom stereocenters. The van der Waals surface area contributed by atoms with Gasteiger partial charge < -0.3 is 0 Å². The summed E-state index contributed by atoms with van der Waals surface area (Å²) in [6.07, 6.45) is 1.34. The third-order valence-electron chi connectivity index (χ3n) is 4.31. The average Bonchev–Trinajstić information content (AvgIpc) is 3.37. The van der Waals surface area contributed by atoms with E-state index in [0.29, 0.717) is 11.1 Å². The Bertz CT molecular complexity index is 1020. The number of benzene rings is 3. The van der Waals surface area contributed by atoms with Crippen molar-refractivity contribution >= 4 is 17.6 Å². The fourth-order valence-corrected chi connectivity index (χ4v) is 2.96. The van der Waals surface area contributed by atoms with Gasteiger partial charge in [-0.1, -0.05) is 72.8 Å². The lowest BCUT2D eigenvalue weighted by atomic mass is 10.1. The van der Waals surface area contributed by atoms with E-state index in [9.17, 15) is 9.59 Å². The van der Waals surface area contributed by atoms with Crippen LogP contribution in [0.3, 0.4) is 0 Å². The number of hydrogen-bond donors (Lipinski definition) is 1. The summed E-state index contributed by atoms with van der Waals surface area (Å²) < 4.78 is 0. The maximum atomic E-state index is 11.9. The zero-order valence-electron chi connectivity index (χ0n) is 14.8. The summed E-state index contributed by atoms with van der Waals surface area (Å²) in [6.45, 7) is 0. The van der Waals surface area contributed by atoms with E-state index in [1.54, 1.807) is 24.3 Å². The third kappa shape index (κ3) is 3.31. The Morgan fingerprint density at radius 3 is 1.54 bits per heavy atom. The first-order chi connectivity index (χ1) is 13.8. The molecule has 0 atom stereocenters. The monoisotopic (exact) mass is 368 g/mol.